The van der Waals surface area contributed by atoms with Gasteiger partial charge in [0, 0.05) is 16.4 Å². The second-order valence-corrected chi connectivity index (χ2v) is 18.2. The highest BCUT2D eigenvalue weighted by Crippen LogP contribution is 2.52. The number of hydrogen-bond donors (Lipinski definition) is 0. The Balaban J connectivity index is 1.09. The van der Waals surface area contributed by atoms with Crippen LogP contribution in [0.5, 0.6) is 0 Å². The molecule has 12 aromatic rings. The van der Waals surface area contributed by atoms with Gasteiger partial charge in [0.1, 0.15) is 0 Å². The molecule has 0 aromatic heterocycles. The smallest absolute Gasteiger partial charge is 0.0412 e. The van der Waals surface area contributed by atoms with Crippen LogP contribution in [0.1, 0.15) is 25.0 Å². The van der Waals surface area contributed by atoms with Gasteiger partial charge in [-0.3, -0.25) is 0 Å². The zero-order chi connectivity index (χ0) is 43.2. The first-order valence-corrected chi connectivity index (χ1v) is 22.7. The quantitative estimate of drug-likeness (QED) is 0.152. The van der Waals surface area contributed by atoms with E-state index in [1.165, 1.54) is 126 Å². The summed E-state index contributed by atoms with van der Waals surface area (Å²) < 4.78 is 0. The SMILES string of the molecule is CC1(C)c2ccccc2-c2ccc(-c3c4ccccc4c(-c4ccc(-c5ccc6ccccc6c5)cc4)c4ccc(-c5c6ccc#cc6c(-c6ccccc6)c6ccccc56)cc34)cc21. The summed E-state index contributed by atoms with van der Waals surface area (Å²) in [5.74, 6) is 0. The summed E-state index contributed by atoms with van der Waals surface area (Å²) >= 11 is 0. The van der Waals surface area contributed by atoms with Crippen molar-refractivity contribution in [2.45, 2.75) is 19.3 Å². The van der Waals surface area contributed by atoms with Gasteiger partial charge in [0.05, 0.1) is 0 Å². The van der Waals surface area contributed by atoms with Crippen molar-refractivity contribution in [3.8, 4) is 66.8 Å². The third kappa shape index (κ3) is 5.73. The molecule has 1 aliphatic rings. The fourth-order valence-electron chi connectivity index (χ4n) is 11.2. The molecule has 0 atom stereocenters. The van der Waals surface area contributed by atoms with E-state index >= 15 is 0 Å². The molecule has 0 radical (unpaired) electrons. The van der Waals surface area contributed by atoms with Gasteiger partial charge in [-0.1, -0.05) is 214 Å². The Labute approximate surface area is 379 Å². The molecule has 0 unspecified atom stereocenters. The van der Waals surface area contributed by atoms with Crippen molar-refractivity contribution in [1.29, 1.82) is 0 Å². The molecule has 13 rings (SSSR count). The number of rotatable bonds is 5. The first-order chi connectivity index (χ1) is 32.0. The van der Waals surface area contributed by atoms with E-state index in [1.807, 2.05) is 6.07 Å². The predicted octanol–water partition coefficient (Wildman–Crippen LogP) is 17.7. The Morgan fingerprint density at radius 1 is 0.308 bits per heavy atom. The molecule has 0 nitrogen and oxygen atoms in total. The Morgan fingerprint density at radius 3 is 1.60 bits per heavy atom. The lowest BCUT2D eigenvalue weighted by Gasteiger charge is -2.23. The van der Waals surface area contributed by atoms with Crippen LogP contribution in [0.3, 0.4) is 0 Å². The van der Waals surface area contributed by atoms with Crippen molar-refractivity contribution >= 4 is 53.9 Å². The van der Waals surface area contributed by atoms with E-state index in [9.17, 15) is 0 Å². The number of fused-ring (bicyclic) bond motifs is 8. The van der Waals surface area contributed by atoms with E-state index in [0.29, 0.717) is 0 Å². The van der Waals surface area contributed by atoms with Crippen LogP contribution >= 0.6 is 0 Å². The van der Waals surface area contributed by atoms with E-state index in [4.69, 9.17) is 0 Å². The van der Waals surface area contributed by atoms with E-state index in [1.54, 1.807) is 0 Å². The molecule has 65 heavy (non-hydrogen) atoms. The van der Waals surface area contributed by atoms with Crippen molar-refractivity contribution in [1.82, 2.24) is 0 Å². The summed E-state index contributed by atoms with van der Waals surface area (Å²) in [4.78, 5) is 0. The summed E-state index contributed by atoms with van der Waals surface area (Å²) in [6.07, 6.45) is 0. The Bertz CT molecular complexity index is 3830. The molecular weight excluding hydrogens is 781 g/mol. The third-order valence-corrected chi connectivity index (χ3v) is 14.3. The molecule has 302 valence electrons. The van der Waals surface area contributed by atoms with Crippen molar-refractivity contribution in [2.24, 2.45) is 0 Å². The van der Waals surface area contributed by atoms with Gasteiger partial charge >= 0.3 is 0 Å². The van der Waals surface area contributed by atoms with Gasteiger partial charge in [0.15, 0.2) is 0 Å². The van der Waals surface area contributed by atoms with Gasteiger partial charge in [0.25, 0.3) is 0 Å². The van der Waals surface area contributed by atoms with Gasteiger partial charge in [-0.05, 0) is 151 Å². The highest BCUT2D eigenvalue weighted by Gasteiger charge is 2.35. The lowest BCUT2D eigenvalue weighted by atomic mass is 9.80. The summed E-state index contributed by atoms with van der Waals surface area (Å²) in [7, 11) is 0. The summed E-state index contributed by atoms with van der Waals surface area (Å²) in [6.45, 7) is 4.76. The molecule has 0 N–H and O–H groups in total. The Morgan fingerprint density at radius 2 is 0.831 bits per heavy atom. The maximum Gasteiger partial charge on any atom is 0.0412 e. The lowest BCUT2D eigenvalue weighted by molar-refractivity contribution is 0.660. The van der Waals surface area contributed by atoms with Crippen LogP contribution in [-0.4, -0.2) is 0 Å². The van der Waals surface area contributed by atoms with Crippen molar-refractivity contribution in [3.63, 3.8) is 0 Å². The van der Waals surface area contributed by atoms with Crippen molar-refractivity contribution in [2.75, 3.05) is 0 Å². The average molecular weight is 823 g/mol. The number of benzene rings is 11. The fourth-order valence-corrected chi connectivity index (χ4v) is 11.2. The second kappa shape index (κ2) is 14.4. The molecule has 0 aliphatic heterocycles. The topological polar surface area (TPSA) is 0 Å². The highest BCUT2D eigenvalue weighted by molar-refractivity contribution is 6.25. The van der Waals surface area contributed by atoms with Crippen LogP contribution < -0.4 is 0 Å². The zero-order valence-corrected chi connectivity index (χ0v) is 36.3. The van der Waals surface area contributed by atoms with E-state index in [2.05, 4.69) is 238 Å². The van der Waals surface area contributed by atoms with Crippen molar-refractivity contribution < 1.29 is 0 Å². The van der Waals surface area contributed by atoms with Crippen LogP contribution in [0, 0.1) is 12.1 Å². The van der Waals surface area contributed by atoms with Gasteiger partial charge < -0.3 is 0 Å². The molecule has 0 fully saturated rings. The molecule has 0 saturated heterocycles. The third-order valence-electron chi connectivity index (χ3n) is 14.3. The van der Waals surface area contributed by atoms with Crippen LogP contribution in [0.4, 0.5) is 0 Å². The molecule has 0 bridgehead atoms. The second-order valence-electron chi connectivity index (χ2n) is 18.2. The van der Waals surface area contributed by atoms with E-state index in [-0.39, 0.29) is 5.41 Å². The van der Waals surface area contributed by atoms with Gasteiger partial charge in [-0.15, -0.1) is 0 Å². The number of hydrogen-bond acceptors (Lipinski definition) is 0. The first-order valence-electron chi connectivity index (χ1n) is 22.7. The highest BCUT2D eigenvalue weighted by atomic mass is 14.4. The fraction of sp³-hybridized carbons (Fsp3) is 0.0462. The molecule has 1 aliphatic carbocycles. The monoisotopic (exact) mass is 822 g/mol. The molecular formula is C65H42. The van der Waals surface area contributed by atoms with Crippen LogP contribution in [0.25, 0.3) is 121 Å². The Hall–Kier alpha value is -8.24. The summed E-state index contributed by atoms with van der Waals surface area (Å²) in [5.41, 5.74) is 17.5. The molecule has 12 aromatic carbocycles. The molecule has 0 heterocycles. The minimum atomic E-state index is -0.128. The lowest BCUT2D eigenvalue weighted by Crippen LogP contribution is -2.14. The summed E-state index contributed by atoms with van der Waals surface area (Å²) in [5, 5.41) is 12.2. The normalized spacial score (nSPS) is 12.8. The zero-order valence-electron chi connectivity index (χ0n) is 36.3. The minimum Gasteiger partial charge on any atom is -0.0695 e. The van der Waals surface area contributed by atoms with Gasteiger partial charge in [-0.2, -0.15) is 0 Å². The van der Waals surface area contributed by atoms with Crippen LogP contribution in [0.15, 0.2) is 218 Å². The van der Waals surface area contributed by atoms with E-state index < -0.39 is 0 Å². The molecule has 0 heteroatoms. The van der Waals surface area contributed by atoms with Crippen LogP contribution in [0.2, 0.25) is 0 Å². The molecule has 0 saturated carbocycles. The molecule has 0 spiro atoms. The Kier molecular flexibility index (Phi) is 8.27. The predicted molar refractivity (Wildman–Crippen MR) is 276 cm³/mol. The van der Waals surface area contributed by atoms with Gasteiger partial charge in [0.2, 0.25) is 0 Å². The maximum absolute atomic E-state index is 3.59. The largest absolute Gasteiger partial charge is 0.0695 e. The maximum atomic E-state index is 3.59. The van der Waals surface area contributed by atoms with Gasteiger partial charge in [-0.25, -0.2) is 0 Å². The average Bonchev–Trinajstić information content (AvgIpc) is 3.59. The van der Waals surface area contributed by atoms with Crippen LogP contribution in [-0.2, 0) is 5.41 Å². The molecule has 0 amide bonds. The first kappa shape index (κ1) is 37.3. The van der Waals surface area contributed by atoms with E-state index in [0.717, 1.165) is 5.39 Å². The summed E-state index contributed by atoms with van der Waals surface area (Å²) in [6, 6.07) is 87.9. The standard InChI is InChI=1S/C65H42/c1-65(2)59-27-15-14-20-49(59)50-36-34-48(40-60(50)65)64-56-26-13-10-23-53(56)62(44-31-28-42(29-32-44)46-33-30-41-16-6-7-19-45(41)38-46)57-37-35-47(39-58(57)64)63-54-24-11-8-21-51(54)61(43-17-4-3-5-18-43)52-22-9-12-25-55(52)63/h3-8,10-21,23-40H,1-2H3. The van der Waals surface area contributed by atoms with Crippen molar-refractivity contribution in [3.05, 3.63) is 242 Å². The minimum absolute atomic E-state index is 0.128.